The van der Waals surface area contributed by atoms with Gasteiger partial charge in [-0.05, 0) is 56.3 Å². The van der Waals surface area contributed by atoms with Crippen LogP contribution in [-0.4, -0.2) is 39.7 Å². The summed E-state index contributed by atoms with van der Waals surface area (Å²) in [6.07, 6.45) is 0. The lowest BCUT2D eigenvalue weighted by molar-refractivity contribution is -0.156. The Balaban J connectivity index is 2.40. The molecule has 0 aliphatic rings. The number of halogens is 1. The first kappa shape index (κ1) is 20.4. The molecule has 0 bridgehead atoms. The van der Waals surface area contributed by atoms with E-state index in [9.17, 15) is 24.6 Å². The fourth-order valence-electron chi connectivity index (χ4n) is 3.44. The zero-order chi connectivity index (χ0) is 21.5. The lowest BCUT2D eigenvalue weighted by atomic mass is 9.81. The van der Waals surface area contributed by atoms with E-state index >= 15 is 0 Å². The highest BCUT2D eigenvalue weighted by Crippen LogP contribution is 2.38. The van der Waals surface area contributed by atoms with E-state index in [1.807, 2.05) is 0 Å². The molecule has 8 heteroatoms. The Bertz CT molecular complexity index is 1130. The monoisotopic (exact) mass is 415 g/mol. The number of hydrogen-bond acceptors (Lipinski definition) is 4. The molecule has 2 N–H and O–H groups in total. The second-order valence-electron chi connectivity index (χ2n) is 6.73. The summed E-state index contributed by atoms with van der Waals surface area (Å²) >= 11 is 5.89. The van der Waals surface area contributed by atoms with Crippen LogP contribution in [-0.2, 0) is 15.0 Å². The summed E-state index contributed by atoms with van der Waals surface area (Å²) in [5.74, 6) is -3.09. The molecule has 2 aromatic carbocycles. The fourth-order valence-corrected chi connectivity index (χ4v) is 3.57. The van der Waals surface area contributed by atoms with E-state index in [1.54, 1.807) is 36.4 Å². The summed E-state index contributed by atoms with van der Waals surface area (Å²) in [6, 6.07) is 11.0. The van der Waals surface area contributed by atoms with Crippen LogP contribution >= 0.6 is 11.6 Å². The number of carboxylic acid groups (broad SMARTS) is 2. The summed E-state index contributed by atoms with van der Waals surface area (Å²) in [5.41, 5.74) is -1.31. The van der Waals surface area contributed by atoms with Gasteiger partial charge < -0.3 is 14.9 Å². The molecule has 0 aliphatic heterocycles. The number of carbonyl (C=O) groups excluding carboxylic acids is 1. The van der Waals surface area contributed by atoms with Crippen LogP contribution in [0.25, 0.3) is 10.9 Å². The highest BCUT2D eigenvalue weighted by molar-refractivity contribution is 6.30. The van der Waals surface area contributed by atoms with Crippen LogP contribution in [0.5, 0.6) is 5.75 Å². The summed E-state index contributed by atoms with van der Waals surface area (Å²) in [5, 5.41) is 20.3. The SMILES string of the molecule is COc1ccc2c(c1)c(C(C)(C(=O)O)C(=O)O)c(C)n2C(=O)c1ccc(Cl)cc1. The van der Waals surface area contributed by atoms with Crippen molar-refractivity contribution in [2.45, 2.75) is 19.3 Å². The quantitative estimate of drug-likeness (QED) is 0.615. The average Bonchev–Trinajstić information content (AvgIpc) is 2.98. The number of hydrogen-bond donors (Lipinski definition) is 2. The third-order valence-corrected chi connectivity index (χ3v) is 5.31. The Labute approximate surface area is 171 Å². The third-order valence-electron chi connectivity index (χ3n) is 5.06. The van der Waals surface area contributed by atoms with Gasteiger partial charge in [-0.1, -0.05) is 11.6 Å². The van der Waals surface area contributed by atoms with Gasteiger partial charge in [0.25, 0.3) is 5.91 Å². The summed E-state index contributed by atoms with van der Waals surface area (Å²) in [7, 11) is 1.44. The van der Waals surface area contributed by atoms with Crippen LogP contribution in [0.4, 0.5) is 0 Å². The number of aliphatic carboxylic acids is 2. The number of ether oxygens (including phenoxy) is 1. The van der Waals surface area contributed by atoms with Crippen molar-refractivity contribution in [1.29, 1.82) is 0 Å². The second-order valence-corrected chi connectivity index (χ2v) is 7.16. The number of fused-ring (bicyclic) bond motifs is 1. The fraction of sp³-hybridized carbons (Fsp3) is 0.190. The zero-order valence-electron chi connectivity index (χ0n) is 15.9. The predicted octanol–water partition coefficient (Wildman–Crippen LogP) is 3.73. The molecular formula is C21H18ClNO6. The Morgan fingerprint density at radius 2 is 1.62 bits per heavy atom. The van der Waals surface area contributed by atoms with E-state index < -0.39 is 23.3 Å². The maximum atomic E-state index is 13.2. The van der Waals surface area contributed by atoms with Gasteiger partial charge in [-0.2, -0.15) is 0 Å². The molecule has 150 valence electrons. The number of carboxylic acids is 2. The summed E-state index contributed by atoms with van der Waals surface area (Å²) in [6.45, 7) is 2.63. The van der Waals surface area contributed by atoms with Gasteiger partial charge in [0.1, 0.15) is 5.75 Å². The highest BCUT2D eigenvalue weighted by atomic mass is 35.5. The van der Waals surface area contributed by atoms with Gasteiger partial charge in [-0.25, -0.2) is 0 Å². The molecular weight excluding hydrogens is 398 g/mol. The van der Waals surface area contributed by atoms with E-state index in [-0.39, 0.29) is 11.3 Å². The Hall–Kier alpha value is -3.32. The number of benzene rings is 2. The normalized spacial score (nSPS) is 11.4. The first-order valence-electron chi connectivity index (χ1n) is 8.59. The second kappa shape index (κ2) is 7.25. The van der Waals surface area contributed by atoms with Gasteiger partial charge >= 0.3 is 11.9 Å². The average molecular weight is 416 g/mol. The van der Waals surface area contributed by atoms with E-state index in [2.05, 4.69) is 0 Å². The van der Waals surface area contributed by atoms with Crippen molar-refractivity contribution in [1.82, 2.24) is 4.57 Å². The van der Waals surface area contributed by atoms with Crippen LogP contribution in [0.15, 0.2) is 42.5 Å². The van der Waals surface area contributed by atoms with Crippen LogP contribution < -0.4 is 4.74 Å². The molecule has 1 heterocycles. The van der Waals surface area contributed by atoms with E-state index in [0.29, 0.717) is 27.2 Å². The summed E-state index contributed by atoms with van der Waals surface area (Å²) < 4.78 is 6.53. The third kappa shape index (κ3) is 3.13. The van der Waals surface area contributed by atoms with Crippen molar-refractivity contribution in [2.24, 2.45) is 0 Å². The number of carbonyl (C=O) groups is 3. The zero-order valence-corrected chi connectivity index (χ0v) is 16.6. The molecule has 3 rings (SSSR count). The van der Waals surface area contributed by atoms with Gasteiger partial charge in [0.05, 0.1) is 12.6 Å². The molecule has 0 saturated carbocycles. The number of rotatable bonds is 5. The predicted molar refractivity (Wildman–Crippen MR) is 107 cm³/mol. The van der Waals surface area contributed by atoms with Gasteiger partial charge in [0.15, 0.2) is 5.41 Å². The van der Waals surface area contributed by atoms with E-state index in [0.717, 1.165) is 6.92 Å². The Morgan fingerprint density at radius 3 is 2.14 bits per heavy atom. The minimum atomic E-state index is -2.26. The summed E-state index contributed by atoms with van der Waals surface area (Å²) in [4.78, 5) is 37.2. The molecule has 0 aliphatic carbocycles. The lowest BCUT2D eigenvalue weighted by Crippen LogP contribution is -2.41. The van der Waals surface area contributed by atoms with Crippen molar-refractivity contribution < 1.29 is 29.3 Å². The van der Waals surface area contributed by atoms with E-state index in [1.165, 1.54) is 24.7 Å². The van der Waals surface area contributed by atoms with Gasteiger partial charge in [0.2, 0.25) is 0 Å². The molecule has 3 aromatic rings. The largest absolute Gasteiger partial charge is 0.497 e. The highest BCUT2D eigenvalue weighted by Gasteiger charge is 2.47. The Morgan fingerprint density at radius 1 is 1.03 bits per heavy atom. The van der Waals surface area contributed by atoms with Gasteiger partial charge in [-0.15, -0.1) is 0 Å². The molecule has 7 nitrogen and oxygen atoms in total. The minimum absolute atomic E-state index is 0.0220. The van der Waals surface area contributed by atoms with Gasteiger partial charge in [0, 0.05) is 27.2 Å². The van der Waals surface area contributed by atoms with Crippen LogP contribution in [0.3, 0.4) is 0 Å². The minimum Gasteiger partial charge on any atom is -0.497 e. The molecule has 0 atom stereocenters. The molecule has 0 saturated heterocycles. The molecule has 0 unspecified atom stereocenters. The van der Waals surface area contributed by atoms with Crippen molar-refractivity contribution in [3.63, 3.8) is 0 Å². The smallest absolute Gasteiger partial charge is 0.325 e. The van der Waals surface area contributed by atoms with E-state index in [4.69, 9.17) is 16.3 Å². The lowest BCUT2D eigenvalue weighted by Gasteiger charge is -2.21. The molecule has 0 spiro atoms. The first-order chi connectivity index (χ1) is 13.6. The van der Waals surface area contributed by atoms with Crippen molar-refractivity contribution in [3.8, 4) is 5.75 Å². The van der Waals surface area contributed by atoms with Gasteiger partial charge in [-0.3, -0.25) is 19.0 Å². The standard InChI is InChI=1S/C21H18ClNO6/c1-11-17(21(2,19(25)26)20(27)28)15-10-14(29-3)8-9-16(15)23(11)18(24)12-4-6-13(22)7-5-12/h4-10H,1-3H3,(H,25,26)(H,27,28). The topological polar surface area (TPSA) is 106 Å². The molecule has 0 fully saturated rings. The number of aromatic nitrogens is 1. The Kier molecular flexibility index (Phi) is 5.11. The number of methoxy groups -OCH3 is 1. The van der Waals surface area contributed by atoms with Crippen LogP contribution in [0.2, 0.25) is 5.02 Å². The van der Waals surface area contributed by atoms with Crippen molar-refractivity contribution in [3.05, 3.63) is 64.3 Å². The maximum absolute atomic E-state index is 13.2. The molecule has 29 heavy (non-hydrogen) atoms. The first-order valence-corrected chi connectivity index (χ1v) is 8.97. The van der Waals surface area contributed by atoms with Crippen molar-refractivity contribution in [2.75, 3.05) is 7.11 Å². The molecule has 0 amide bonds. The maximum Gasteiger partial charge on any atom is 0.325 e. The van der Waals surface area contributed by atoms with Crippen molar-refractivity contribution >= 4 is 40.3 Å². The molecule has 1 aromatic heterocycles. The molecule has 0 radical (unpaired) electrons. The number of nitrogens with zero attached hydrogens (tertiary/aromatic N) is 1. The van der Waals surface area contributed by atoms with Crippen LogP contribution in [0.1, 0.15) is 28.5 Å². The van der Waals surface area contributed by atoms with Crippen LogP contribution in [0, 0.1) is 6.92 Å².